The van der Waals surface area contributed by atoms with Gasteiger partial charge < -0.3 is 24.8 Å². The number of piperazine rings is 1. The molecule has 0 radical (unpaired) electrons. The van der Waals surface area contributed by atoms with Gasteiger partial charge in [0.25, 0.3) is 0 Å². The third-order valence-electron chi connectivity index (χ3n) is 5.83. The highest BCUT2D eigenvalue weighted by atomic mass is 16.3. The maximum atomic E-state index is 10.6. The largest absolute Gasteiger partial charge is 0.510 e. The Balaban J connectivity index is 1.39. The Morgan fingerprint density at radius 2 is 1.97 bits per heavy atom. The third kappa shape index (κ3) is 3.39. The summed E-state index contributed by atoms with van der Waals surface area (Å²) >= 11 is 0. The van der Waals surface area contributed by atoms with E-state index in [1.54, 1.807) is 11.1 Å². The topological polar surface area (TPSA) is 95.4 Å². The Kier molecular flexibility index (Phi) is 4.63. The molecule has 3 aromatic rings. The van der Waals surface area contributed by atoms with Crippen molar-refractivity contribution < 1.29 is 5.11 Å². The van der Waals surface area contributed by atoms with Crippen LogP contribution in [0.5, 0.6) is 0 Å². The normalized spacial score (nSPS) is 18.1. The predicted molar refractivity (Wildman–Crippen MR) is 118 cm³/mol. The molecule has 30 heavy (non-hydrogen) atoms. The first-order chi connectivity index (χ1) is 14.6. The van der Waals surface area contributed by atoms with Crippen LogP contribution in [-0.2, 0) is 6.54 Å². The molecule has 0 unspecified atom stereocenters. The highest BCUT2D eigenvalue weighted by Crippen LogP contribution is 2.29. The van der Waals surface area contributed by atoms with Crippen LogP contribution >= 0.6 is 0 Å². The van der Waals surface area contributed by atoms with E-state index >= 15 is 0 Å². The highest BCUT2D eigenvalue weighted by molar-refractivity contribution is 6.23. The molecular formula is C22H25N7O. The number of benzene rings is 1. The van der Waals surface area contributed by atoms with Gasteiger partial charge in [0.15, 0.2) is 0 Å². The molecule has 0 saturated carbocycles. The van der Waals surface area contributed by atoms with E-state index in [-0.39, 0.29) is 18.1 Å². The summed E-state index contributed by atoms with van der Waals surface area (Å²) in [6.45, 7) is 4.87. The number of H-pyrrole nitrogens is 1. The van der Waals surface area contributed by atoms with Crippen LogP contribution in [0.2, 0.25) is 0 Å². The number of nitrogens with zero attached hydrogens (tertiary/aromatic N) is 5. The first-order valence-corrected chi connectivity index (χ1v) is 10.2. The van der Waals surface area contributed by atoms with E-state index in [4.69, 9.17) is 5.41 Å². The summed E-state index contributed by atoms with van der Waals surface area (Å²) in [6, 6.07) is 11.9. The lowest BCUT2D eigenvalue weighted by Crippen LogP contribution is -2.44. The van der Waals surface area contributed by atoms with E-state index in [1.807, 2.05) is 24.3 Å². The number of aromatic amines is 1. The smallest absolute Gasteiger partial charge is 0.145 e. The number of fused-ring (bicyclic) bond motifs is 1. The van der Waals surface area contributed by atoms with Crippen LogP contribution in [0.25, 0.3) is 16.6 Å². The van der Waals surface area contributed by atoms with Crippen LogP contribution in [0.15, 0.2) is 48.4 Å². The molecule has 1 fully saturated rings. The minimum Gasteiger partial charge on any atom is -0.510 e. The first kappa shape index (κ1) is 18.6. The molecule has 5 rings (SSSR count). The molecular weight excluding hydrogens is 378 g/mol. The van der Waals surface area contributed by atoms with E-state index in [0.717, 1.165) is 42.9 Å². The second kappa shape index (κ2) is 7.46. The van der Waals surface area contributed by atoms with Gasteiger partial charge in [0.2, 0.25) is 0 Å². The zero-order valence-electron chi connectivity index (χ0n) is 17.0. The average Bonchev–Trinajstić information content (AvgIpc) is 3.28. The standard InChI is InChI=1S/C22H25N7O/c1-27-8-10-28(11-9-27)16-5-6-17-18(12-16)26-22(25-17)20-19(30)14-29(21(20)23)13-15-4-2-3-7-24-15/h2-7,12,23,30H,8-11,13-14H2,1H3,(H,25,26). The molecule has 1 aromatic carbocycles. The Bertz CT molecular complexity index is 1110. The second-order valence-corrected chi connectivity index (χ2v) is 7.92. The van der Waals surface area contributed by atoms with Gasteiger partial charge in [0, 0.05) is 38.1 Å². The molecule has 0 amide bonds. The number of aliphatic hydroxyl groups is 1. The van der Waals surface area contributed by atoms with Crippen LogP contribution in [0.1, 0.15) is 11.5 Å². The highest BCUT2D eigenvalue weighted by Gasteiger charge is 2.30. The van der Waals surface area contributed by atoms with Gasteiger partial charge in [-0.1, -0.05) is 6.07 Å². The molecule has 3 N–H and O–H groups in total. The molecule has 0 atom stereocenters. The molecule has 2 aliphatic heterocycles. The Labute approximate surface area is 175 Å². The second-order valence-electron chi connectivity index (χ2n) is 7.92. The zero-order valence-corrected chi connectivity index (χ0v) is 17.0. The predicted octanol–water partition coefficient (Wildman–Crippen LogP) is 2.47. The van der Waals surface area contributed by atoms with Gasteiger partial charge >= 0.3 is 0 Å². The van der Waals surface area contributed by atoms with E-state index in [1.165, 1.54) is 5.69 Å². The molecule has 0 bridgehead atoms. The van der Waals surface area contributed by atoms with Gasteiger partial charge in [0.1, 0.15) is 17.4 Å². The third-order valence-corrected chi connectivity index (χ3v) is 5.83. The lowest BCUT2D eigenvalue weighted by molar-refractivity contribution is 0.313. The quantitative estimate of drug-likeness (QED) is 0.619. The average molecular weight is 403 g/mol. The van der Waals surface area contributed by atoms with Crippen molar-refractivity contribution in [3.8, 4) is 0 Å². The first-order valence-electron chi connectivity index (χ1n) is 10.2. The number of likely N-dealkylation sites (N-methyl/N-ethyl adjacent to an activating group) is 1. The van der Waals surface area contributed by atoms with Crippen LogP contribution in [0.3, 0.4) is 0 Å². The van der Waals surface area contributed by atoms with Crippen molar-refractivity contribution in [2.24, 2.45) is 0 Å². The number of amidine groups is 1. The number of aromatic nitrogens is 3. The molecule has 8 heteroatoms. The molecule has 8 nitrogen and oxygen atoms in total. The van der Waals surface area contributed by atoms with Gasteiger partial charge in [-0.25, -0.2) is 4.98 Å². The van der Waals surface area contributed by atoms with Crippen LogP contribution < -0.4 is 4.90 Å². The minimum atomic E-state index is 0.161. The van der Waals surface area contributed by atoms with Gasteiger partial charge in [-0.3, -0.25) is 10.4 Å². The van der Waals surface area contributed by atoms with Crippen LogP contribution in [0.4, 0.5) is 5.69 Å². The van der Waals surface area contributed by atoms with Crippen molar-refractivity contribution in [1.29, 1.82) is 5.41 Å². The van der Waals surface area contributed by atoms with Gasteiger partial charge in [-0.05, 0) is 37.4 Å². The summed E-state index contributed by atoms with van der Waals surface area (Å²) in [5, 5.41) is 19.2. The van der Waals surface area contributed by atoms with E-state index in [0.29, 0.717) is 17.9 Å². The number of anilines is 1. The van der Waals surface area contributed by atoms with Gasteiger partial charge in [-0.2, -0.15) is 0 Å². The van der Waals surface area contributed by atoms with Crippen molar-refractivity contribution in [1.82, 2.24) is 24.8 Å². The summed E-state index contributed by atoms with van der Waals surface area (Å²) in [7, 11) is 2.15. The monoisotopic (exact) mass is 403 g/mol. The fourth-order valence-electron chi connectivity index (χ4n) is 4.08. The number of hydrogen-bond acceptors (Lipinski definition) is 6. The summed E-state index contributed by atoms with van der Waals surface area (Å²) in [6.07, 6.45) is 1.74. The summed E-state index contributed by atoms with van der Waals surface area (Å²) in [5.41, 5.74) is 4.24. The maximum absolute atomic E-state index is 10.6. The summed E-state index contributed by atoms with van der Waals surface area (Å²) in [5.74, 6) is 0.956. The van der Waals surface area contributed by atoms with Gasteiger partial charge in [-0.15, -0.1) is 0 Å². The van der Waals surface area contributed by atoms with Crippen molar-refractivity contribution in [3.05, 3.63) is 59.9 Å². The van der Waals surface area contributed by atoms with Crippen molar-refractivity contribution in [3.63, 3.8) is 0 Å². The fourth-order valence-corrected chi connectivity index (χ4v) is 4.08. The molecule has 2 aliphatic rings. The summed E-state index contributed by atoms with van der Waals surface area (Å²) < 4.78 is 0. The van der Waals surface area contributed by atoms with Gasteiger partial charge in [0.05, 0.1) is 35.4 Å². The van der Waals surface area contributed by atoms with E-state index in [2.05, 4.69) is 43.9 Å². The number of hydrogen-bond donors (Lipinski definition) is 3. The molecule has 1 saturated heterocycles. The van der Waals surface area contributed by atoms with Crippen molar-refractivity contribution in [2.75, 3.05) is 44.7 Å². The Morgan fingerprint density at radius 3 is 2.73 bits per heavy atom. The number of rotatable bonds is 4. The fraction of sp³-hybridized carbons (Fsp3) is 0.318. The minimum absolute atomic E-state index is 0.161. The Morgan fingerprint density at radius 1 is 1.13 bits per heavy atom. The number of aliphatic hydroxyl groups excluding tert-OH is 1. The van der Waals surface area contributed by atoms with E-state index in [9.17, 15) is 5.11 Å². The summed E-state index contributed by atoms with van der Waals surface area (Å²) in [4.78, 5) is 18.8. The SMILES string of the molecule is CN1CCN(c2ccc3nc(C4=C(O)CN(Cc5ccccn5)C4=N)[nH]c3c2)CC1. The van der Waals surface area contributed by atoms with Crippen molar-refractivity contribution in [2.45, 2.75) is 6.54 Å². The lowest BCUT2D eigenvalue weighted by atomic mass is 10.2. The number of nitrogens with one attached hydrogen (secondary N) is 2. The molecule has 4 heterocycles. The Hall–Kier alpha value is -3.39. The molecule has 0 spiro atoms. The van der Waals surface area contributed by atoms with Crippen LogP contribution in [0, 0.1) is 5.41 Å². The number of pyridine rings is 1. The molecule has 0 aliphatic carbocycles. The number of imidazole rings is 1. The zero-order chi connectivity index (χ0) is 20.7. The lowest BCUT2D eigenvalue weighted by Gasteiger charge is -2.34. The van der Waals surface area contributed by atoms with Crippen molar-refractivity contribution >= 4 is 28.1 Å². The molecule has 2 aromatic heterocycles. The van der Waals surface area contributed by atoms with E-state index < -0.39 is 0 Å². The maximum Gasteiger partial charge on any atom is 0.145 e. The van der Waals surface area contributed by atoms with Crippen LogP contribution in [-0.4, -0.2) is 75.5 Å². The molecule has 154 valence electrons.